The number of aromatic hydroxyl groups is 1. The topological polar surface area (TPSA) is 108 Å². The zero-order valence-electron chi connectivity index (χ0n) is 14.5. The second kappa shape index (κ2) is 7.11. The van der Waals surface area contributed by atoms with Gasteiger partial charge in [0.05, 0.1) is 0 Å². The molecule has 7 heteroatoms. The molecule has 3 N–H and O–H groups in total. The van der Waals surface area contributed by atoms with E-state index in [9.17, 15) is 19.5 Å². The van der Waals surface area contributed by atoms with Crippen LogP contribution in [0.25, 0.3) is 10.9 Å². The number of unbranched alkanes of at least 4 members (excludes halogenated alkanes) is 2. The van der Waals surface area contributed by atoms with Crippen LogP contribution in [0.1, 0.15) is 38.3 Å². The van der Waals surface area contributed by atoms with Crippen LogP contribution in [-0.4, -0.2) is 27.9 Å². The predicted octanol–water partition coefficient (Wildman–Crippen LogP) is 2.42. The summed E-state index contributed by atoms with van der Waals surface area (Å²) in [7, 11) is 0. The molecule has 0 atom stereocenters. The molecule has 1 aromatic carbocycles. The third kappa shape index (κ3) is 3.51. The number of benzene rings is 1. The Labute approximate surface area is 150 Å². The van der Waals surface area contributed by atoms with Crippen LogP contribution in [0.3, 0.4) is 0 Å². The Morgan fingerprint density at radius 1 is 1.00 bits per heavy atom. The molecule has 1 fully saturated rings. The first-order valence-electron chi connectivity index (χ1n) is 8.65. The van der Waals surface area contributed by atoms with Gasteiger partial charge < -0.3 is 5.11 Å². The number of hydrogen-bond donors (Lipinski definition) is 3. The Balaban J connectivity index is 1.51. The monoisotopic (exact) mass is 355 g/mol. The quantitative estimate of drug-likeness (QED) is 0.545. The number of urea groups is 1. The van der Waals surface area contributed by atoms with E-state index in [0.29, 0.717) is 18.4 Å². The van der Waals surface area contributed by atoms with E-state index in [1.54, 1.807) is 19.1 Å². The minimum Gasteiger partial charge on any atom is -0.506 e. The molecule has 1 aliphatic heterocycles. The van der Waals surface area contributed by atoms with Crippen molar-refractivity contribution >= 4 is 28.7 Å². The Bertz CT molecular complexity index is 858. The first-order chi connectivity index (χ1) is 12.4. The number of carbonyl (C=O) groups is 3. The number of phenolic OH excluding ortho intramolecular Hbond substituents is 1. The van der Waals surface area contributed by atoms with Crippen LogP contribution >= 0.6 is 0 Å². The fourth-order valence-corrected chi connectivity index (χ4v) is 3.12. The Morgan fingerprint density at radius 2 is 1.73 bits per heavy atom. The maximum absolute atomic E-state index is 12.0. The number of rotatable bonds is 6. The van der Waals surface area contributed by atoms with Crippen molar-refractivity contribution < 1.29 is 19.5 Å². The Kier molecular flexibility index (Phi) is 4.88. The largest absolute Gasteiger partial charge is 0.506 e. The smallest absolute Gasteiger partial charge is 0.328 e. The van der Waals surface area contributed by atoms with Gasteiger partial charge in [-0.2, -0.15) is 0 Å². The van der Waals surface area contributed by atoms with Crippen molar-refractivity contribution in [1.82, 2.24) is 15.6 Å². The van der Waals surface area contributed by atoms with Gasteiger partial charge >= 0.3 is 6.03 Å². The molecule has 2 aromatic rings. The fourth-order valence-electron chi connectivity index (χ4n) is 3.12. The summed E-state index contributed by atoms with van der Waals surface area (Å²) in [6.07, 6.45) is 3.49. The molecule has 4 amide bonds. The molecule has 0 aliphatic carbocycles. The SMILES string of the molecule is CC1(CCCCCc2ccc3cccc(O)c3n2)C(=O)NC(=O)NC1=O. The highest BCUT2D eigenvalue weighted by atomic mass is 16.3. The predicted molar refractivity (Wildman–Crippen MR) is 95.4 cm³/mol. The molecule has 1 aromatic heterocycles. The molecule has 2 heterocycles. The zero-order chi connectivity index (χ0) is 18.7. The molecule has 0 spiro atoms. The highest BCUT2D eigenvalue weighted by Crippen LogP contribution is 2.27. The molecular formula is C19H21N3O4. The van der Waals surface area contributed by atoms with Crippen LogP contribution in [0.4, 0.5) is 4.79 Å². The zero-order valence-corrected chi connectivity index (χ0v) is 14.5. The van der Waals surface area contributed by atoms with Gasteiger partial charge in [0.15, 0.2) is 0 Å². The second-order valence-electron chi connectivity index (χ2n) is 6.78. The van der Waals surface area contributed by atoms with E-state index in [2.05, 4.69) is 15.6 Å². The van der Waals surface area contributed by atoms with Crippen molar-refractivity contribution in [3.05, 3.63) is 36.0 Å². The molecule has 0 radical (unpaired) electrons. The van der Waals surface area contributed by atoms with Crippen LogP contribution in [-0.2, 0) is 16.0 Å². The number of fused-ring (bicyclic) bond motifs is 1. The van der Waals surface area contributed by atoms with Gasteiger partial charge in [-0.3, -0.25) is 20.2 Å². The lowest BCUT2D eigenvalue weighted by Crippen LogP contribution is -2.61. The van der Waals surface area contributed by atoms with Gasteiger partial charge in [0.1, 0.15) is 16.7 Å². The fraction of sp³-hybridized carbons (Fsp3) is 0.368. The summed E-state index contributed by atoms with van der Waals surface area (Å²) in [5.41, 5.74) is 0.280. The lowest BCUT2D eigenvalue weighted by Gasteiger charge is -2.30. The first kappa shape index (κ1) is 17.8. The minimum absolute atomic E-state index is 0.168. The summed E-state index contributed by atoms with van der Waals surface area (Å²) in [5.74, 6) is -0.919. The highest BCUT2D eigenvalue weighted by Gasteiger charge is 2.45. The average Bonchev–Trinajstić information content (AvgIpc) is 2.60. The molecule has 3 rings (SSSR count). The summed E-state index contributed by atoms with van der Waals surface area (Å²) in [6.45, 7) is 1.55. The van der Waals surface area contributed by atoms with Gasteiger partial charge in [0.2, 0.25) is 11.8 Å². The summed E-state index contributed by atoms with van der Waals surface area (Å²) < 4.78 is 0. The number of amides is 4. The number of aryl methyl sites for hydroxylation is 1. The van der Waals surface area contributed by atoms with Gasteiger partial charge in [-0.05, 0) is 38.3 Å². The summed E-state index contributed by atoms with van der Waals surface area (Å²) in [4.78, 5) is 39.5. The number of nitrogens with zero attached hydrogens (tertiary/aromatic N) is 1. The van der Waals surface area contributed by atoms with E-state index in [1.165, 1.54) is 0 Å². The van der Waals surface area contributed by atoms with Crippen LogP contribution < -0.4 is 10.6 Å². The molecule has 1 aliphatic rings. The molecule has 1 saturated heterocycles. The third-order valence-electron chi connectivity index (χ3n) is 4.82. The average molecular weight is 355 g/mol. The minimum atomic E-state index is -1.21. The summed E-state index contributed by atoms with van der Waals surface area (Å²) >= 11 is 0. The number of phenols is 1. The van der Waals surface area contributed by atoms with Crippen LogP contribution in [0.2, 0.25) is 0 Å². The molecule has 7 nitrogen and oxygen atoms in total. The number of pyridine rings is 1. The number of hydrogen-bond acceptors (Lipinski definition) is 5. The van der Waals surface area contributed by atoms with E-state index in [1.807, 2.05) is 18.2 Å². The summed E-state index contributed by atoms with van der Waals surface area (Å²) in [5, 5.41) is 15.1. The summed E-state index contributed by atoms with van der Waals surface area (Å²) in [6, 6.07) is 8.42. The maximum atomic E-state index is 12.0. The van der Waals surface area contributed by atoms with Gasteiger partial charge in [-0.25, -0.2) is 9.78 Å². The van der Waals surface area contributed by atoms with Crippen molar-refractivity contribution in [2.75, 3.05) is 0 Å². The van der Waals surface area contributed by atoms with Crippen LogP contribution in [0, 0.1) is 5.41 Å². The molecule has 26 heavy (non-hydrogen) atoms. The molecule has 0 unspecified atom stereocenters. The second-order valence-corrected chi connectivity index (χ2v) is 6.78. The number of carbonyl (C=O) groups excluding carboxylic acids is 3. The van der Waals surface area contributed by atoms with Gasteiger partial charge in [0, 0.05) is 11.1 Å². The number of para-hydroxylation sites is 1. The number of aromatic nitrogens is 1. The Morgan fingerprint density at radius 3 is 2.46 bits per heavy atom. The molecular weight excluding hydrogens is 334 g/mol. The van der Waals surface area contributed by atoms with E-state index >= 15 is 0 Å². The standard InChI is InChI=1S/C19H21N3O4/c1-19(16(24)21-18(26)22-17(19)25)11-4-2-3-7-13-10-9-12-6-5-8-14(23)15(12)20-13/h5-6,8-10,23H,2-4,7,11H2,1H3,(H2,21,22,24,25,26). The maximum Gasteiger partial charge on any atom is 0.328 e. The van der Waals surface area contributed by atoms with Gasteiger partial charge in [-0.15, -0.1) is 0 Å². The van der Waals surface area contributed by atoms with Crippen molar-refractivity contribution in [1.29, 1.82) is 0 Å². The van der Waals surface area contributed by atoms with E-state index in [0.717, 1.165) is 30.3 Å². The third-order valence-corrected chi connectivity index (χ3v) is 4.82. The highest BCUT2D eigenvalue weighted by molar-refractivity contribution is 6.18. The molecule has 0 bridgehead atoms. The van der Waals surface area contributed by atoms with Crippen molar-refractivity contribution in [3.63, 3.8) is 0 Å². The van der Waals surface area contributed by atoms with Crippen molar-refractivity contribution in [2.45, 2.75) is 39.0 Å². The van der Waals surface area contributed by atoms with Crippen molar-refractivity contribution in [3.8, 4) is 5.75 Å². The van der Waals surface area contributed by atoms with Gasteiger partial charge in [-0.1, -0.05) is 31.0 Å². The van der Waals surface area contributed by atoms with Crippen molar-refractivity contribution in [2.24, 2.45) is 5.41 Å². The molecule has 0 saturated carbocycles. The van der Waals surface area contributed by atoms with Crippen LogP contribution in [0.15, 0.2) is 30.3 Å². The normalized spacial score (nSPS) is 16.4. The number of imide groups is 2. The Hall–Kier alpha value is -2.96. The van der Waals surface area contributed by atoms with E-state index in [4.69, 9.17) is 0 Å². The van der Waals surface area contributed by atoms with E-state index < -0.39 is 23.3 Å². The lowest BCUT2D eigenvalue weighted by molar-refractivity contribution is -0.143. The van der Waals surface area contributed by atoms with Crippen LogP contribution in [0.5, 0.6) is 5.75 Å². The lowest BCUT2D eigenvalue weighted by atomic mass is 9.81. The van der Waals surface area contributed by atoms with E-state index in [-0.39, 0.29) is 5.75 Å². The first-order valence-corrected chi connectivity index (χ1v) is 8.65. The number of nitrogens with one attached hydrogen (secondary N) is 2. The van der Waals surface area contributed by atoms with Gasteiger partial charge in [0.25, 0.3) is 0 Å². The number of barbiturate groups is 1. The molecule has 136 valence electrons.